The van der Waals surface area contributed by atoms with Crippen LogP contribution in [0, 0.1) is 3.57 Å². The molecule has 1 aromatic carbocycles. The SMILES string of the molecule is Clc1c(I)cccc1CI. The molecule has 0 spiro atoms. The zero-order valence-corrected chi connectivity index (χ0v) is 10.1. The molecule has 3 heteroatoms. The third-order valence-electron chi connectivity index (χ3n) is 1.18. The molecular weight excluding hydrogens is 373 g/mol. The van der Waals surface area contributed by atoms with E-state index in [4.69, 9.17) is 11.6 Å². The predicted molar refractivity (Wildman–Crippen MR) is 61.9 cm³/mol. The lowest BCUT2D eigenvalue weighted by atomic mass is 10.2. The van der Waals surface area contributed by atoms with Crippen LogP contribution in [0.25, 0.3) is 0 Å². The molecule has 1 aromatic rings. The van der Waals surface area contributed by atoms with Crippen molar-refractivity contribution in [2.45, 2.75) is 4.43 Å². The van der Waals surface area contributed by atoms with E-state index in [1.807, 2.05) is 12.1 Å². The van der Waals surface area contributed by atoms with E-state index in [2.05, 4.69) is 51.2 Å². The second-order valence-corrected chi connectivity index (χ2v) is 4.15. The zero-order chi connectivity index (χ0) is 7.56. The molecule has 10 heavy (non-hydrogen) atoms. The van der Waals surface area contributed by atoms with Crippen LogP contribution < -0.4 is 0 Å². The molecule has 0 fully saturated rings. The van der Waals surface area contributed by atoms with Gasteiger partial charge in [0.15, 0.2) is 0 Å². The molecule has 0 bridgehead atoms. The molecule has 0 amide bonds. The summed E-state index contributed by atoms with van der Waals surface area (Å²) in [5.74, 6) is 0. The van der Waals surface area contributed by atoms with Crippen LogP contribution in [0.5, 0.6) is 0 Å². The van der Waals surface area contributed by atoms with Crippen LogP contribution in [-0.4, -0.2) is 0 Å². The topological polar surface area (TPSA) is 0 Å². The summed E-state index contributed by atoms with van der Waals surface area (Å²) in [6.07, 6.45) is 0. The molecule has 0 atom stereocenters. The highest BCUT2D eigenvalue weighted by Gasteiger charge is 2.00. The second-order valence-electron chi connectivity index (χ2n) is 1.85. The van der Waals surface area contributed by atoms with Crippen molar-refractivity contribution in [2.24, 2.45) is 0 Å². The largest absolute Gasteiger partial charge is 0.0829 e. The molecule has 0 aliphatic rings. The first-order chi connectivity index (χ1) is 4.75. The molecule has 0 nitrogen and oxygen atoms in total. The normalized spacial score (nSPS) is 9.90. The van der Waals surface area contributed by atoms with Crippen molar-refractivity contribution in [3.05, 3.63) is 32.4 Å². The van der Waals surface area contributed by atoms with E-state index >= 15 is 0 Å². The number of benzene rings is 1. The monoisotopic (exact) mass is 378 g/mol. The predicted octanol–water partition coefficient (Wildman–Crippen LogP) is 3.88. The fourth-order valence-electron chi connectivity index (χ4n) is 0.652. The summed E-state index contributed by atoms with van der Waals surface area (Å²) in [7, 11) is 0. The van der Waals surface area contributed by atoms with Gasteiger partial charge in [-0.15, -0.1) is 0 Å². The van der Waals surface area contributed by atoms with Crippen LogP contribution in [0.15, 0.2) is 18.2 Å². The molecular formula is C7H5ClI2. The third kappa shape index (κ3) is 1.98. The minimum Gasteiger partial charge on any atom is -0.0829 e. The lowest BCUT2D eigenvalue weighted by molar-refractivity contribution is 1.43. The minimum absolute atomic E-state index is 0.900. The summed E-state index contributed by atoms with van der Waals surface area (Å²) in [5.41, 5.74) is 1.22. The summed E-state index contributed by atoms with van der Waals surface area (Å²) in [6.45, 7) is 0. The molecule has 0 unspecified atom stereocenters. The Labute approximate surface area is 92.6 Å². The maximum Gasteiger partial charge on any atom is 0.0579 e. The summed E-state index contributed by atoms with van der Waals surface area (Å²) in [5, 5.41) is 0.900. The minimum atomic E-state index is 0.900. The van der Waals surface area contributed by atoms with Crippen LogP contribution >= 0.6 is 56.8 Å². The van der Waals surface area contributed by atoms with E-state index in [9.17, 15) is 0 Å². The first-order valence-corrected chi connectivity index (χ1v) is 5.73. The Morgan fingerprint density at radius 1 is 1.40 bits per heavy atom. The molecule has 0 N–H and O–H groups in total. The molecule has 0 radical (unpaired) electrons. The van der Waals surface area contributed by atoms with E-state index in [0.29, 0.717) is 0 Å². The van der Waals surface area contributed by atoms with Crippen LogP contribution in [0.4, 0.5) is 0 Å². The Hall–Kier alpha value is 0.970. The van der Waals surface area contributed by atoms with Crippen molar-refractivity contribution in [1.29, 1.82) is 0 Å². The standard InChI is InChI=1S/C7H5ClI2/c8-7-5(4-9)2-1-3-6(7)10/h1-3H,4H2. The Balaban J connectivity index is 3.14. The van der Waals surface area contributed by atoms with Gasteiger partial charge in [-0.25, -0.2) is 0 Å². The first kappa shape index (κ1) is 9.06. The van der Waals surface area contributed by atoms with Gasteiger partial charge in [0.2, 0.25) is 0 Å². The van der Waals surface area contributed by atoms with E-state index in [1.54, 1.807) is 0 Å². The summed E-state index contributed by atoms with van der Waals surface area (Å²) < 4.78 is 2.11. The maximum atomic E-state index is 5.98. The van der Waals surface area contributed by atoms with Crippen LogP contribution in [-0.2, 0) is 4.43 Å². The van der Waals surface area contributed by atoms with Gasteiger partial charge in [0.1, 0.15) is 0 Å². The summed E-state index contributed by atoms with van der Waals surface area (Å²) in [4.78, 5) is 0. The average Bonchev–Trinajstić information content (AvgIpc) is 1.95. The van der Waals surface area contributed by atoms with Gasteiger partial charge in [0.25, 0.3) is 0 Å². The number of hydrogen-bond donors (Lipinski definition) is 0. The fraction of sp³-hybridized carbons (Fsp3) is 0.143. The van der Waals surface area contributed by atoms with E-state index in [1.165, 1.54) is 5.56 Å². The van der Waals surface area contributed by atoms with Crippen molar-refractivity contribution < 1.29 is 0 Å². The highest BCUT2D eigenvalue weighted by Crippen LogP contribution is 2.24. The van der Waals surface area contributed by atoms with Gasteiger partial charge < -0.3 is 0 Å². The molecule has 0 saturated heterocycles. The van der Waals surface area contributed by atoms with Crippen LogP contribution in [0.3, 0.4) is 0 Å². The number of alkyl halides is 1. The van der Waals surface area contributed by atoms with Crippen molar-refractivity contribution in [2.75, 3.05) is 0 Å². The van der Waals surface area contributed by atoms with Gasteiger partial charge in [-0.05, 0) is 34.2 Å². The molecule has 0 aliphatic heterocycles. The van der Waals surface area contributed by atoms with Gasteiger partial charge in [0, 0.05) is 8.00 Å². The van der Waals surface area contributed by atoms with Gasteiger partial charge in [0.05, 0.1) is 5.02 Å². The zero-order valence-electron chi connectivity index (χ0n) is 5.07. The highest BCUT2D eigenvalue weighted by atomic mass is 127. The van der Waals surface area contributed by atoms with Crippen molar-refractivity contribution in [1.82, 2.24) is 0 Å². The Morgan fingerprint density at radius 3 is 2.60 bits per heavy atom. The lowest BCUT2D eigenvalue weighted by Crippen LogP contribution is -1.81. The van der Waals surface area contributed by atoms with Crippen LogP contribution in [0.1, 0.15) is 5.56 Å². The Kier molecular flexibility index (Phi) is 3.72. The molecule has 1 rings (SSSR count). The first-order valence-electron chi connectivity index (χ1n) is 2.74. The summed E-state index contributed by atoms with van der Waals surface area (Å²) in [6, 6.07) is 6.09. The Bertz CT molecular complexity index is 235. The smallest absolute Gasteiger partial charge is 0.0579 e. The van der Waals surface area contributed by atoms with E-state index in [-0.39, 0.29) is 0 Å². The Morgan fingerprint density at radius 2 is 2.10 bits per heavy atom. The quantitative estimate of drug-likeness (QED) is 0.514. The molecule has 0 heterocycles. The summed E-state index contributed by atoms with van der Waals surface area (Å²) >= 11 is 10.5. The molecule has 0 aromatic heterocycles. The number of hydrogen-bond acceptors (Lipinski definition) is 0. The average molecular weight is 378 g/mol. The maximum absolute atomic E-state index is 5.98. The molecule has 0 saturated carbocycles. The van der Waals surface area contributed by atoms with Gasteiger partial charge in [-0.1, -0.05) is 46.3 Å². The van der Waals surface area contributed by atoms with Crippen LogP contribution in [0.2, 0.25) is 5.02 Å². The van der Waals surface area contributed by atoms with Crippen molar-refractivity contribution in [3.8, 4) is 0 Å². The van der Waals surface area contributed by atoms with Gasteiger partial charge >= 0.3 is 0 Å². The third-order valence-corrected chi connectivity index (χ3v) is 3.66. The number of halogens is 3. The second kappa shape index (κ2) is 4.11. The lowest BCUT2D eigenvalue weighted by Gasteiger charge is -1.99. The van der Waals surface area contributed by atoms with E-state index in [0.717, 1.165) is 13.0 Å². The van der Waals surface area contributed by atoms with Gasteiger partial charge in [-0.2, -0.15) is 0 Å². The fourth-order valence-corrected chi connectivity index (χ4v) is 2.26. The highest BCUT2D eigenvalue weighted by molar-refractivity contribution is 14.1. The van der Waals surface area contributed by atoms with Crippen molar-refractivity contribution >= 4 is 56.8 Å². The molecule has 0 aliphatic carbocycles. The van der Waals surface area contributed by atoms with Gasteiger partial charge in [-0.3, -0.25) is 0 Å². The number of rotatable bonds is 1. The van der Waals surface area contributed by atoms with Crippen molar-refractivity contribution in [3.63, 3.8) is 0 Å². The molecule has 54 valence electrons. The van der Waals surface area contributed by atoms with E-state index < -0.39 is 0 Å².